The highest BCUT2D eigenvalue weighted by molar-refractivity contribution is 7.94. The van der Waals surface area contributed by atoms with Crippen LogP contribution in [0.1, 0.15) is 52.9 Å². The van der Waals surface area contributed by atoms with Crippen LogP contribution in [0.25, 0.3) is 0 Å². The molecule has 1 saturated carbocycles. The number of likely N-dealkylation sites (tertiary alicyclic amines) is 1. The van der Waals surface area contributed by atoms with Crippen molar-refractivity contribution in [3.8, 4) is 0 Å². The van der Waals surface area contributed by atoms with Gasteiger partial charge in [-0.15, -0.1) is 0 Å². The Morgan fingerprint density at radius 3 is 2.30 bits per heavy atom. The van der Waals surface area contributed by atoms with Crippen LogP contribution in [0.3, 0.4) is 0 Å². The summed E-state index contributed by atoms with van der Waals surface area (Å²) in [5.41, 5.74) is -1.14. The maximum atomic E-state index is 14.5. The second-order valence-electron chi connectivity index (χ2n) is 11.9. The Morgan fingerprint density at radius 1 is 1.12 bits per heavy atom. The Kier molecular flexibility index (Phi) is 9.26. The number of carbonyl (C=O) groups is 4. The summed E-state index contributed by atoms with van der Waals surface area (Å²) in [5.74, 6) is -5.25. The summed E-state index contributed by atoms with van der Waals surface area (Å²) in [6, 6.07) is -3.95. The number of sulfone groups is 1. The van der Waals surface area contributed by atoms with Crippen LogP contribution >= 0.6 is 0 Å². The van der Waals surface area contributed by atoms with Gasteiger partial charge in [-0.05, 0) is 49.0 Å². The fraction of sp³-hybridized carbons (Fsp3) is 0.760. The molecule has 0 spiro atoms. The molecule has 0 radical (unpaired) electrons. The van der Waals surface area contributed by atoms with E-state index in [2.05, 4.69) is 10.6 Å². The molecule has 3 N–H and O–H groups in total. The molecular weight excluding hydrogens is 560 g/mol. The van der Waals surface area contributed by atoms with Crippen molar-refractivity contribution in [2.24, 2.45) is 23.2 Å². The summed E-state index contributed by atoms with van der Waals surface area (Å²) >= 11 is 0. The molecule has 4 amide bonds. The van der Waals surface area contributed by atoms with Crippen molar-refractivity contribution in [3.63, 3.8) is 0 Å². The van der Waals surface area contributed by atoms with E-state index < -0.39 is 68.4 Å². The molecule has 3 rings (SSSR count). The van der Waals surface area contributed by atoms with Crippen molar-refractivity contribution in [3.05, 3.63) is 11.2 Å². The zero-order chi connectivity index (χ0) is 30.2. The van der Waals surface area contributed by atoms with Gasteiger partial charge in [0.25, 0.3) is 0 Å². The molecule has 0 bridgehead atoms. The van der Waals surface area contributed by atoms with E-state index in [9.17, 15) is 45.2 Å². The van der Waals surface area contributed by atoms with Gasteiger partial charge >= 0.3 is 12.1 Å². The lowest BCUT2D eigenvalue weighted by Gasteiger charge is -2.36. The standard InChI is InChI=1S/C25H36F4N4O6S/c1-24(2,3)19(32-23(37)25(27,28)29)22(36)33-12-14-6-5-7-16(14)18(33)21(35)31-15(11-17(26)40(4,38)39)10-13-8-9-30-20(13)34/h11,13-16,18-19H,5-10,12H2,1-4H3,(H,30,34)(H,31,35)(H,32,37)/b17-11-/t13-,14-,15+,16-,18+,19-/m0/s1. The second-order valence-corrected chi connectivity index (χ2v) is 13.9. The molecule has 226 valence electrons. The average Bonchev–Trinajstić information content (AvgIpc) is 3.50. The average molecular weight is 597 g/mol. The lowest BCUT2D eigenvalue weighted by molar-refractivity contribution is -0.176. The predicted molar refractivity (Wildman–Crippen MR) is 135 cm³/mol. The largest absolute Gasteiger partial charge is 0.471 e. The van der Waals surface area contributed by atoms with E-state index >= 15 is 0 Å². The summed E-state index contributed by atoms with van der Waals surface area (Å²) in [6.45, 7) is 4.91. The first-order valence-electron chi connectivity index (χ1n) is 13.1. The van der Waals surface area contributed by atoms with E-state index in [0.29, 0.717) is 38.1 Å². The Morgan fingerprint density at radius 2 is 1.77 bits per heavy atom. The third kappa shape index (κ3) is 7.32. The number of hydrogen-bond donors (Lipinski definition) is 3. The van der Waals surface area contributed by atoms with Gasteiger partial charge in [-0.25, -0.2) is 8.42 Å². The predicted octanol–water partition coefficient (Wildman–Crippen LogP) is 1.57. The number of carbonyl (C=O) groups excluding carboxylic acids is 4. The Bertz CT molecular complexity index is 1170. The first-order valence-corrected chi connectivity index (χ1v) is 15.0. The van der Waals surface area contributed by atoms with Crippen molar-refractivity contribution in [1.82, 2.24) is 20.9 Å². The molecule has 10 nitrogen and oxygen atoms in total. The number of amides is 4. The van der Waals surface area contributed by atoms with Crippen LogP contribution in [0.5, 0.6) is 0 Å². The smallest absolute Gasteiger partial charge is 0.356 e. The van der Waals surface area contributed by atoms with E-state index in [1.807, 2.05) is 0 Å². The van der Waals surface area contributed by atoms with Crippen molar-refractivity contribution in [2.75, 3.05) is 19.3 Å². The van der Waals surface area contributed by atoms with Crippen molar-refractivity contribution in [1.29, 1.82) is 0 Å². The molecule has 3 fully saturated rings. The van der Waals surface area contributed by atoms with Gasteiger partial charge < -0.3 is 20.9 Å². The van der Waals surface area contributed by atoms with Crippen molar-refractivity contribution >= 4 is 33.5 Å². The number of alkyl halides is 3. The molecule has 0 aromatic carbocycles. The van der Waals surface area contributed by atoms with Gasteiger partial charge in [0.1, 0.15) is 12.1 Å². The zero-order valence-electron chi connectivity index (χ0n) is 22.8. The molecule has 0 aromatic rings. The molecule has 1 aliphatic carbocycles. The third-order valence-electron chi connectivity index (χ3n) is 7.80. The van der Waals surface area contributed by atoms with Gasteiger partial charge in [0, 0.05) is 25.3 Å². The van der Waals surface area contributed by atoms with Crippen LogP contribution in [0.15, 0.2) is 11.2 Å². The Labute approximate surface area is 230 Å². The molecule has 0 aromatic heterocycles. The second kappa shape index (κ2) is 11.6. The monoisotopic (exact) mass is 596 g/mol. The normalized spacial score (nSPS) is 27.1. The molecular formula is C25H36F4N4O6S. The first kappa shape index (κ1) is 31.8. The number of nitrogens with zero attached hydrogens (tertiary/aromatic N) is 1. The van der Waals surface area contributed by atoms with Crippen LogP contribution in [-0.4, -0.2) is 80.6 Å². The lowest BCUT2D eigenvalue weighted by atomic mass is 9.85. The van der Waals surface area contributed by atoms with Gasteiger partial charge in [-0.1, -0.05) is 27.2 Å². The highest BCUT2D eigenvalue weighted by Gasteiger charge is 2.53. The molecule has 40 heavy (non-hydrogen) atoms. The summed E-state index contributed by atoms with van der Waals surface area (Å²) in [6.07, 6.45) is -1.55. The van der Waals surface area contributed by atoms with E-state index in [0.717, 1.165) is 6.42 Å². The maximum Gasteiger partial charge on any atom is 0.471 e. The number of fused-ring (bicyclic) bond motifs is 1. The third-order valence-corrected chi connectivity index (χ3v) is 8.65. The molecule has 2 heterocycles. The molecule has 2 aliphatic heterocycles. The highest BCUT2D eigenvalue weighted by atomic mass is 32.2. The number of halogens is 4. The molecule has 2 saturated heterocycles. The zero-order valence-corrected chi connectivity index (χ0v) is 23.6. The molecule has 3 aliphatic rings. The Hall–Kier alpha value is -2.71. The first-order chi connectivity index (χ1) is 18.3. The summed E-state index contributed by atoms with van der Waals surface area (Å²) in [7, 11) is -4.24. The minimum atomic E-state index is -5.22. The van der Waals surface area contributed by atoms with E-state index in [4.69, 9.17) is 0 Å². The van der Waals surface area contributed by atoms with Crippen molar-refractivity contribution in [2.45, 2.75) is 77.2 Å². The topological polar surface area (TPSA) is 142 Å². The molecule has 6 atom stereocenters. The maximum absolute atomic E-state index is 14.5. The summed E-state index contributed by atoms with van der Waals surface area (Å²) < 4.78 is 77.1. The summed E-state index contributed by atoms with van der Waals surface area (Å²) in [4.78, 5) is 52.4. The lowest BCUT2D eigenvalue weighted by Crippen LogP contribution is -2.60. The van der Waals surface area contributed by atoms with E-state index in [1.165, 1.54) is 25.7 Å². The SMILES string of the molecule is CC(C)(C)[C@@H](NC(=O)C(F)(F)F)C(=O)N1C[C@@H]2CCC[C@@H]2[C@@H]1C(=O)N[C@@H](/C=C(/F)S(C)(=O)=O)C[C@@H]1CCNC1=O. The van der Waals surface area contributed by atoms with E-state index in [-0.39, 0.29) is 30.7 Å². The van der Waals surface area contributed by atoms with Crippen molar-refractivity contribution < 1.29 is 45.2 Å². The number of hydrogen-bond acceptors (Lipinski definition) is 6. The van der Waals surface area contributed by atoms with Gasteiger partial charge in [0.2, 0.25) is 32.7 Å². The van der Waals surface area contributed by atoms with Crippen LogP contribution < -0.4 is 16.0 Å². The minimum Gasteiger partial charge on any atom is -0.356 e. The van der Waals surface area contributed by atoms with Gasteiger partial charge in [-0.2, -0.15) is 17.6 Å². The van der Waals surface area contributed by atoms with Crippen LogP contribution in [0.4, 0.5) is 17.6 Å². The highest BCUT2D eigenvalue weighted by Crippen LogP contribution is 2.43. The molecule has 0 unspecified atom stereocenters. The number of rotatable bonds is 8. The fourth-order valence-corrected chi connectivity index (χ4v) is 6.20. The van der Waals surface area contributed by atoms with Gasteiger partial charge in [0.15, 0.2) is 0 Å². The Balaban J connectivity index is 1.91. The summed E-state index contributed by atoms with van der Waals surface area (Å²) in [5, 5.41) is 5.50. The van der Waals surface area contributed by atoms with E-state index in [1.54, 1.807) is 5.32 Å². The van der Waals surface area contributed by atoms with Gasteiger partial charge in [0.05, 0.1) is 6.04 Å². The number of nitrogens with one attached hydrogen (secondary N) is 3. The van der Waals surface area contributed by atoms with Gasteiger partial charge in [-0.3, -0.25) is 19.2 Å². The molecule has 15 heteroatoms. The van der Waals surface area contributed by atoms with Crippen LogP contribution in [0.2, 0.25) is 0 Å². The van der Waals surface area contributed by atoms with Crippen LogP contribution in [0, 0.1) is 23.2 Å². The van der Waals surface area contributed by atoms with Crippen LogP contribution in [-0.2, 0) is 29.0 Å². The minimum absolute atomic E-state index is 0.0826. The quantitative estimate of drug-likeness (QED) is 0.364. The fourth-order valence-electron chi connectivity index (χ4n) is 5.79.